The Hall–Kier alpha value is -3.81. The molecule has 4 rings (SSSR count). The predicted octanol–water partition coefficient (Wildman–Crippen LogP) is 3.96. The van der Waals surface area contributed by atoms with Crippen molar-refractivity contribution in [2.75, 3.05) is 0 Å². The van der Waals surface area contributed by atoms with Crippen molar-refractivity contribution in [1.82, 2.24) is 10.1 Å². The molecule has 0 radical (unpaired) electrons. The summed E-state index contributed by atoms with van der Waals surface area (Å²) in [5.74, 6) is -0.501. The zero-order chi connectivity index (χ0) is 19.7. The smallest absolute Gasteiger partial charge is 0.349 e. The van der Waals surface area contributed by atoms with Crippen LogP contribution in [0, 0.1) is 5.82 Å². The molecule has 28 heavy (non-hydrogen) atoms. The van der Waals surface area contributed by atoms with Crippen molar-refractivity contribution in [3.63, 3.8) is 0 Å². The molecule has 0 bridgehead atoms. The minimum Gasteiger partial charge on any atom is -0.422 e. The summed E-state index contributed by atoms with van der Waals surface area (Å²) in [6.07, 6.45) is 0.187. The Morgan fingerprint density at radius 3 is 2.71 bits per heavy atom. The molecule has 8 heteroatoms. The Labute approximate surface area is 157 Å². The Kier molecular flexibility index (Phi) is 4.44. The number of hydrogen-bond donors (Lipinski definition) is 0. The second-order valence-electron chi connectivity index (χ2n) is 5.88. The molecule has 0 unspecified atom stereocenters. The summed E-state index contributed by atoms with van der Waals surface area (Å²) in [5, 5.41) is 4.35. The first kappa shape index (κ1) is 17.6. The molecule has 0 spiro atoms. The molecule has 0 saturated carbocycles. The van der Waals surface area contributed by atoms with E-state index in [2.05, 4.69) is 10.1 Å². The highest BCUT2D eigenvalue weighted by Gasteiger charge is 2.18. The molecule has 0 amide bonds. The van der Waals surface area contributed by atoms with E-state index in [1.165, 1.54) is 36.4 Å². The summed E-state index contributed by atoms with van der Waals surface area (Å²) in [6, 6.07) is 12.0. The lowest BCUT2D eigenvalue weighted by Crippen LogP contribution is -2.08. The van der Waals surface area contributed by atoms with Gasteiger partial charge in [-0.3, -0.25) is 4.79 Å². The zero-order valence-corrected chi connectivity index (χ0v) is 14.6. The third-order valence-electron chi connectivity index (χ3n) is 4.00. The fourth-order valence-corrected chi connectivity index (χ4v) is 2.59. The van der Waals surface area contributed by atoms with E-state index in [0.717, 1.165) is 0 Å². The quantitative estimate of drug-likeness (QED) is 0.300. The minimum atomic E-state index is -0.721. The molecule has 4 aromatic rings. The van der Waals surface area contributed by atoms with Gasteiger partial charge < -0.3 is 13.7 Å². The lowest BCUT2D eigenvalue weighted by atomic mass is 10.1. The number of hydrogen-bond acceptors (Lipinski definition) is 7. The highest BCUT2D eigenvalue weighted by atomic mass is 19.1. The van der Waals surface area contributed by atoms with Crippen molar-refractivity contribution in [3.05, 3.63) is 64.8 Å². The van der Waals surface area contributed by atoms with Gasteiger partial charge in [0, 0.05) is 17.4 Å². The van der Waals surface area contributed by atoms with E-state index < -0.39 is 11.6 Å². The van der Waals surface area contributed by atoms with Crippen LogP contribution in [-0.4, -0.2) is 16.1 Å². The van der Waals surface area contributed by atoms with E-state index in [4.69, 9.17) is 13.7 Å². The molecular weight excluding hydrogens is 367 g/mol. The van der Waals surface area contributed by atoms with Gasteiger partial charge in [0.25, 0.3) is 5.89 Å². The number of fused-ring (bicyclic) bond motifs is 1. The molecule has 0 atom stereocenters. The normalized spacial score (nSPS) is 10.9. The monoisotopic (exact) mass is 380 g/mol. The van der Waals surface area contributed by atoms with Gasteiger partial charge in [0.2, 0.25) is 5.82 Å². The summed E-state index contributed by atoms with van der Waals surface area (Å²) in [5.41, 5.74) is 0.0285. The lowest BCUT2D eigenvalue weighted by molar-refractivity contribution is -0.133. The summed E-state index contributed by atoms with van der Waals surface area (Å²) >= 11 is 0. The Morgan fingerprint density at radius 1 is 1.18 bits per heavy atom. The van der Waals surface area contributed by atoms with E-state index in [0.29, 0.717) is 10.9 Å². The average molecular weight is 380 g/mol. The maximum absolute atomic E-state index is 13.1. The van der Waals surface area contributed by atoms with E-state index in [9.17, 15) is 14.0 Å². The summed E-state index contributed by atoms with van der Waals surface area (Å²) in [4.78, 5) is 28.2. The van der Waals surface area contributed by atoms with E-state index in [-0.39, 0.29) is 40.8 Å². The molecule has 2 heterocycles. The number of rotatable bonds is 4. The van der Waals surface area contributed by atoms with Crippen LogP contribution in [0.15, 0.2) is 62.3 Å². The largest absolute Gasteiger partial charge is 0.422 e. The SMILES string of the molecule is CCC(=O)Oc1cccc2cc(-c3nc(-c4ccc(F)cc4)no3)c(=O)oc12. The van der Waals surface area contributed by atoms with Gasteiger partial charge in [-0.1, -0.05) is 24.2 Å². The van der Waals surface area contributed by atoms with Crippen molar-refractivity contribution in [1.29, 1.82) is 0 Å². The molecule has 7 nitrogen and oxygen atoms in total. The lowest BCUT2D eigenvalue weighted by Gasteiger charge is -2.05. The zero-order valence-electron chi connectivity index (χ0n) is 14.6. The molecular formula is C20H13FN2O5. The van der Waals surface area contributed by atoms with Gasteiger partial charge in [-0.2, -0.15) is 4.98 Å². The Bertz CT molecular complexity index is 1230. The standard InChI is InChI=1S/C20H13FN2O5/c1-2-16(24)26-15-5-3-4-12-10-14(20(25)27-17(12)15)19-22-18(23-28-19)11-6-8-13(21)9-7-11/h3-10H,2H2,1H3. The third-order valence-corrected chi connectivity index (χ3v) is 4.00. The first-order valence-electron chi connectivity index (χ1n) is 8.42. The molecule has 0 aliphatic carbocycles. The van der Waals surface area contributed by atoms with Crippen molar-refractivity contribution in [2.24, 2.45) is 0 Å². The van der Waals surface area contributed by atoms with Gasteiger partial charge in [-0.05, 0) is 36.4 Å². The van der Waals surface area contributed by atoms with Crippen LogP contribution in [0.3, 0.4) is 0 Å². The van der Waals surface area contributed by atoms with Gasteiger partial charge in [0.1, 0.15) is 11.4 Å². The number of nitrogens with zero attached hydrogens (tertiary/aromatic N) is 2. The predicted molar refractivity (Wildman–Crippen MR) is 97.1 cm³/mol. The van der Waals surface area contributed by atoms with E-state index in [1.807, 2.05) is 0 Å². The van der Waals surface area contributed by atoms with Crippen LogP contribution in [0.1, 0.15) is 13.3 Å². The van der Waals surface area contributed by atoms with Crippen LogP contribution in [-0.2, 0) is 4.79 Å². The van der Waals surface area contributed by atoms with E-state index >= 15 is 0 Å². The summed E-state index contributed by atoms with van der Waals surface area (Å²) in [7, 11) is 0. The number of ether oxygens (including phenoxy) is 1. The molecule has 0 fully saturated rings. The van der Waals surface area contributed by atoms with E-state index in [1.54, 1.807) is 19.1 Å². The molecule has 0 saturated heterocycles. The van der Waals surface area contributed by atoms with Gasteiger partial charge in [-0.15, -0.1) is 0 Å². The molecule has 2 aromatic heterocycles. The van der Waals surface area contributed by atoms with Crippen molar-refractivity contribution >= 4 is 16.9 Å². The maximum Gasteiger partial charge on any atom is 0.349 e. The fraction of sp³-hybridized carbons (Fsp3) is 0.100. The molecule has 140 valence electrons. The highest BCUT2D eigenvalue weighted by Crippen LogP contribution is 2.28. The number of para-hydroxylation sites is 1. The number of carbonyl (C=O) groups is 1. The molecule has 2 aromatic carbocycles. The van der Waals surface area contributed by atoms with Gasteiger partial charge in [0.15, 0.2) is 11.3 Å². The average Bonchev–Trinajstić information content (AvgIpc) is 3.18. The molecule has 0 aliphatic heterocycles. The minimum absolute atomic E-state index is 0.0362. The van der Waals surface area contributed by atoms with Crippen LogP contribution in [0.2, 0.25) is 0 Å². The third kappa shape index (κ3) is 3.27. The molecule has 0 aliphatic rings. The number of aromatic nitrogens is 2. The Morgan fingerprint density at radius 2 is 1.96 bits per heavy atom. The van der Waals surface area contributed by atoms with Crippen LogP contribution in [0.4, 0.5) is 4.39 Å². The Balaban J connectivity index is 1.76. The van der Waals surface area contributed by atoms with Crippen molar-refractivity contribution in [3.8, 4) is 28.6 Å². The first-order valence-corrected chi connectivity index (χ1v) is 8.42. The van der Waals surface area contributed by atoms with Crippen LogP contribution >= 0.6 is 0 Å². The summed E-state index contributed by atoms with van der Waals surface area (Å²) < 4.78 is 28.8. The van der Waals surface area contributed by atoms with Crippen LogP contribution in [0.25, 0.3) is 33.8 Å². The van der Waals surface area contributed by atoms with Crippen LogP contribution < -0.4 is 10.4 Å². The number of carbonyl (C=O) groups excluding carboxylic acids is 1. The number of benzene rings is 2. The first-order chi connectivity index (χ1) is 13.5. The van der Waals surface area contributed by atoms with Gasteiger partial charge in [0.05, 0.1) is 0 Å². The number of halogens is 1. The summed E-state index contributed by atoms with van der Waals surface area (Å²) in [6.45, 7) is 1.66. The number of esters is 1. The second-order valence-corrected chi connectivity index (χ2v) is 5.88. The van der Waals surface area contributed by atoms with Gasteiger partial charge in [-0.25, -0.2) is 9.18 Å². The van der Waals surface area contributed by atoms with Crippen molar-refractivity contribution < 1.29 is 22.9 Å². The van der Waals surface area contributed by atoms with Crippen molar-refractivity contribution in [2.45, 2.75) is 13.3 Å². The fourth-order valence-electron chi connectivity index (χ4n) is 2.59. The molecule has 0 N–H and O–H groups in total. The maximum atomic E-state index is 13.1. The van der Waals surface area contributed by atoms with Gasteiger partial charge >= 0.3 is 11.6 Å². The topological polar surface area (TPSA) is 95.4 Å². The van der Waals surface area contributed by atoms with Crippen LogP contribution in [0.5, 0.6) is 5.75 Å². The highest BCUT2D eigenvalue weighted by molar-refractivity contribution is 5.87. The second kappa shape index (κ2) is 7.07.